The number of nitrogens with zero attached hydrogens (tertiary/aromatic N) is 4. The van der Waals surface area contributed by atoms with Crippen LogP contribution < -0.4 is 5.32 Å². The largest absolute Gasteiger partial charge is 0.312 e. The van der Waals surface area contributed by atoms with Crippen molar-refractivity contribution in [2.75, 3.05) is 32.7 Å². The molecular formula is C15H25N5O2S. The Morgan fingerprint density at radius 3 is 2.91 bits per heavy atom. The van der Waals surface area contributed by atoms with Crippen molar-refractivity contribution in [1.82, 2.24) is 23.9 Å². The van der Waals surface area contributed by atoms with Crippen LogP contribution in [0.15, 0.2) is 6.20 Å². The van der Waals surface area contributed by atoms with E-state index in [9.17, 15) is 8.42 Å². The first-order chi connectivity index (χ1) is 11.1. The van der Waals surface area contributed by atoms with Crippen molar-refractivity contribution in [3.05, 3.63) is 23.3 Å². The molecular weight excluding hydrogens is 314 g/mol. The van der Waals surface area contributed by atoms with E-state index in [1.807, 2.05) is 20.0 Å². The molecule has 2 aliphatic heterocycles. The van der Waals surface area contributed by atoms with Gasteiger partial charge in [-0.25, -0.2) is 9.97 Å². The van der Waals surface area contributed by atoms with Crippen molar-refractivity contribution >= 4 is 10.2 Å². The van der Waals surface area contributed by atoms with Crippen molar-refractivity contribution in [1.29, 1.82) is 0 Å². The molecule has 128 valence electrons. The first kappa shape index (κ1) is 16.8. The van der Waals surface area contributed by atoms with Crippen molar-refractivity contribution in [2.45, 2.75) is 39.2 Å². The lowest BCUT2D eigenvalue weighted by Crippen LogP contribution is -2.42. The predicted octanol–water partition coefficient (Wildman–Crippen LogP) is 0.498. The Hall–Kier alpha value is -1.09. The summed E-state index contributed by atoms with van der Waals surface area (Å²) in [6, 6.07) is 0. The first-order valence-electron chi connectivity index (χ1n) is 8.36. The zero-order valence-corrected chi connectivity index (χ0v) is 14.6. The van der Waals surface area contributed by atoms with Crippen LogP contribution in [0, 0.1) is 0 Å². The Morgan fingerprint density at radius 2 is 2.17 bits per heavy atom. The second-order valence-corrected chi connectivity index (χ2v) is 7.99. The fourth-order valence-corrected chi connectivity index (χ4v) is 4.99. The molecule has 7 nitrogen and oxygen atoms in total. The molecule has 2 aliphatic rings. The third-order valence-electron chi connectivity index (χ3n) is 4.70. The van der Waals surface area contributed by atoms with Crippen LogP contribution >= 0.6 is 0 Å². The molecule has 0 amide bonds. The van der Waals surface area contributed by atoms with Gasteiger partial charge in [0.2, 0.25) is 0 Å². The lowest BCUT2D eigenvalue weighted by atomic mass is 10.1. The highest BCUT2D eigenvalue weighted by molar-refractivity contribution is 7.86. The predicted molar refractivity (Wildman–Crippen MR) is 88.2 cm³/mol. The van der Waals surface area contributed by atoms with Crippen LogP contribution in [0.2, 0.25) is 0 Å². The summed E-state index contributed by atoms with van der Waals surface area (Å²) in [5.74, 6) is 0.892. The van der Waals surface area contributed by atoms with Gasteiger partial charge in [0.05, 0.1) is 0 Å². The van der Waals surface area contributed by atoms with Gasteiger partial charge >= 0.3 is 0 Å². The molecule has 1 fully saturated rings. The smallest absolute Gasteiger partial charge is 0.281 e. The summed E-state index contributed by atoms with van der Waals surface area (Å²) in [7, 11) is -3.36. The first-order valence-corrected chi connectivity index (χ1v) is 9.76. The average Bonchev–Trinajstić information content (AvgIpc) is 3.06. The van der Waals surface area contributed by atoms with Gasteiger partial charge in [0.1, 0.15) is 5.82 Å². The molecule has 3 rings (SSSR count). The molecule has 0 aliphatic carbocycles. The van der Waals surface area contributed by atoms with Gasteiger partial charge in [-0.1, -0.05) is 13.8 Å². The molecule has 0 bridgehead atoms. The zero-order chi connectivity index (χ0) is 16.4. The second kappa shape index (κ2) is 6.80. The van der Waals surface area contributed by atoms with Crippen LogP contribution in [0.4, 0.5) is 0 Å². The van der Waals surface area contributed by atoms with Gasteiger partial charge in [-0.05, 0) is 6.42 Å². The van der Waals surface area contributed by atoms with E-state index in [1.165, 1.54) is 4.31 Å². The Kier molecular flexibility index (Phi) is 4.96. The minimum Gasteiger partial charge on any atom is -0.312 e. The molecule has 3 heterocycles. The van der Waals surface area contributed by atoms with E-state index in [-0.39, 0.29) is 5.92 Å². The highest BCUT2D eigenvalue weighted by atomic mass is 32.2. The molecule has 23 heavy (non-hydrogen) atoms. The van der Waals surface area contributed by atoms with Crippen LogP contribution in [0.3, 0.4) is 0 Å². The molecule has 8 heteroatoms. The quantitative estimate of drug-likeness (QED) is 0.845. The lowest BCUT2D eigenvalue weighted by Gasteiger charge is -2.25. The number of rotatable bonds is 5. The van der Waals surface area contributed by atoms with Gasteiger partial charge in [0, 0.05) is 69.1 Å². The number of nitrogens with one attached hydrogen (secondary N) is 1. The van der Waals surface area contributed by atoms with Crippen molar-refractivity contribution in [3.63, 3.8) is 0 Å². The summed E-state index contributed by atoms with van der Waals surface area (Å²) < 4.78 is 28.3. The van der Waals surface area contributed by atoms with Crippen molar-refractivity contribution in [2.24, 2.45) is 0 Å². The number of fused-ring (bicyclic) bond motifs is 1. The zero-order valence-electron chi connectivity index (χ0n) is 13.8. The minimum absolute atomic E-state index is 0.0977. The fourth-order valence-electron chi connectivity index (χ4n) is 3.31. The SMILES string of the molecule is CCN(CC)S(=O)(=O)N1CCC(c2ncc3c(n2)CCNC3)C1. The summed E-state index contributed by atoms with van der Waals surface area (Å²) in [5.41, 5.74) is 2.27. The highest BCUT2D eigenvalue weighted by Crippen LogP contribution is 2.28. The molecule has 1 unspecified atom stereocenters. The summed E-state index contributed by atoms with van der Waals surface area (Å²) in [6.45, 7) is 7.54. The Balaban J connectivity index is 1.75. The van der Waals surface area contributed by atoms with Gasteiger partial charge in [-0.15, -0.1) is 0 Å². The summed E-state index contributed by atoms with van der Waals surface area (Å²) in [6.07, 6.45) is 3.60. The van der Waals surface area contributed by atoms with Gasteiger partial charge in [0.25, 0.3) is 10.2 Å². The van der Waals surface area contributed by atoms with E-state index in [4.69, 9.17) is 4.98 Å². The topological polar surface area (TPSA) is 78.4 Å². The molecule has 0 aromatic carbocycles. The standard InChI is InChI=1S/C15H25N5O2S/c1-3-19(4-2)23(21,22)20-8-6-12(11-20)15-17-10-13-9-16-7-5-14(13)18-15/h10,12,16H,3-9,11H2,1-2H3. The van der Waals surface area contributed by atoms with E-state index < -0.39 is 10.2 Å². The molecule has 0 radical (unpaired) electrons. The van der Waals surface area contributed by atoms with Gasteiger partial charge < -0.3 is 5.32 Å². The number of aromatic nitrogens is 2. The van der Waals surface area contributed by atoms with E-state index in [2.05, 4.69) is 10.3 Å². The van der Waals surface area contributed by atoms with Crippen molar-refractivity contribution < 1.29 is 8.42 Å². The molecule has 1 aromatic rings. The van der Waals surface area contributed by atoms with Crippen molar-refractivity contribution in [3.8, 4) is 0 Å². The Morgan fingerprint density at radius 1 is 1.39 bits per heavy atom. The molecule has 1 saturated heterocycles. The van der Waals surface area contributed by atoms with Gasteiger partial charge in [-0.2, -0.15) is 17.0 Å². The third kappa shape index (κ3) is 3.26. The molecule has 1 aromatic heterocycles. The number of hydrogen-bond acceptors (Lipinski definition) is 5. The fraction of sp³-hybridized carbons (Fsp3) is 0.733. The van der Waals surface area contributed by atoms with Crippen LogP contribution in [0.1, 0.15) is 43.3 Å². The normalized spacial score (nSPS) is 22.5. The maximum Gasteiger partial charge on any atom is 0.281 e. The summed E-state index contributed by atoms with van der Waals surface area (Å²) >= 11 is 0. The van der Waals surface area contributed by atoms with Crippen LogP contribution in [0.25, 0.3) is 0 Å². The average molecular weight is 339 g/mol. The van der Waals surface area contributed by atoms with E-state index >= 15 is 0 Å². The van der Waals surface area contributed by atoms with E-state index in [0.717, 1.165) is 43.0 Å². The van der Waals surface area contributed by atoms with Gasteiger partial charge in [-0.3, -0.25) is 0 Å². The molecule has 1 atom stereocenters. The summed E-state index contributed by atoms with van der Waals surface area (Å²) in [5, 5.41) is 3.31. The van der Waals surface area contributed by atoms with Crippen LogP contribution in [-0.2, 0) is 23.2 Å². The maximum absolute atomic E-state index is 12.6. The Labute approximate surface area is 138 Å². The van der Waals surface area contributed by atoms with Gasteiger partial charge in [0.15, 0.2) is 0 Å². The lowest BCUT2D eigenvalue weighted by molar-refractivity contribution is 0.377. The van der Waals surface area contributed by atoms with E-state index in [0.29, 0.717) is 26.2 Å². The molecule has 0 saturated carbocycles. The van der Waals surface area contributed by atoms with Crippen LogP contribution in [0.5, 0.6) is 0 Å². The summed E-state index contributed by atoms with van der Waals surface area (Å²) in [4.78, 5) is 9.20. The highest BCUT2D eigenvalue weighted by Gasteiger charge is 2.36. The molecule has 1 N–H and O–H groups in total. The third-order valence-corrected chi connectivity index (χ3v) is 6.85. The maximum atomic E-state index is 12.6. The minimum atomic E-state index is -3.36. The van der Waals surface area contributed by atoms with E-state index in [1.54, 1.807) is 4.31 Å². The Bertz CT molecular complexity index is 660. The molecule has 0 spiro atoms. The van der Waals surface area contributed by atoms with Crippen LogP contribution in [-0.4, -0.2) is 59.7 Å². The number of hydrogen-bond donors (Lipinski definition) is 1. The monoisotopic (exact) mass is 339 g/mol. The second-order valence-electron chi connectivity index (χ2n) is 6.06.